The van der Waals surface area contributed by atoms with Gasteiger partial charge in [-0.1, -0.05) is 100 Å². The van der Waals surface area contributed by atoms with Gasteiger partial charge in [0, 0.05) is 11.8 Å². The van der Waals surface area contributed by atoms with Crippen molar-refractivity contribution in [1.29, 1.82) is 0 Å². The van der Waals surface area contributed by atoms with Gasteiger partial charge in [0.05, 0.1) is 0 Å². The summed E-state index contributed by atoms with van der Waals surface area (Å²) in [4.78, 5) is 2.77. The summed E-state index contributed by atoms with van der Waals surface area (Å²) in [6.45, 7) is 12.5. The van der Waals surface area contributed by atoms with E-state index in [-0.39, 0.29) is 0 Å². The summed E-state index contributed by atoms with van der Waals surface area (Å²) in [7, 11) is 2.82. The minimum absolute atomic E-state index is 0.695. The van der Waals surface area contributed by atoms with E-state index in [4.69, 9.17) is 0 Å². The molecule has 0 bridgehead atoms. The molecule has 0 spiro atoms. The molecule has 3 heteroatoms. The highest BCUT2D eigenvalue weighted by atomic mass is 32.2. The summed E-state index contributed by atoms with van der Waals surface area (Å²) in [5, 5.41) is 0. The van der Waals surface area contributed by atoms with Gasteiger partial charge in [-0.25, -0.2) is 0 Å². The smallest absolute Gasteiger partial charge is 0.0184 e. The summed E-state index contributed by atoms with van der Waals surface area (Å²) in [6, 6.07) is 17.0. The molecule has 0 heterocycles. The maximum atomic E-state index is 3.72. The Kier molecular flexibility index (Phi) is 17.4. The molecule has 0 saturated heterocycles. The lowest BCUT2D eigenvalue weighted by Gasteiger charge is -2.36. The van der Waals surface area contributed by atoms with Crippen LogP contribution in [0.4, 0.5) is 0 Å². The molecule has 2 atom stereocenters. The Labute approximate surface area is 241 Å². The highest BCUT2D eigenvalue weighted by Gasteiger charge is 2.24. The van der Waals surface area contributed by atoms with Crippen molar-refractivity contribution in [2.75, 3.05) is 25.0 Å². The Morgan fingerprint density at radius 3 is 2.53 bits per heavy atom. The molecule has 38 heavy (non-hydrogen) atoms. The van der Waals surface area contributed by atoms with E-state index in [2.05, 4.69) is 100 Å². The zero-order chi connectivity index (χ0) is 27.4. The van der Waals surface area contributed by atoms with E-state index in [0.717, 1.165) is 24.8 Å². The van der Waals surface area contributed by atoms with Gasteiger partial charge in [0.2, 0.25) is 0 Å². The molecule has 1 nitrogen and oxygen atoms in total. The van der Waals surface area contributed by atoms with Crippen LogP contribution in [0.25, 0.3) is 0 Å². The third-order valence-corrected chi connectivity index (χ3v) is 8.45. The van der Waals surface area contributed by atoms with Crippen LogP contribution in [0.1, 0.15) is 74.3 Å². The van der Waals surface area contributed by atoms with E-state index in [1.165, 1.54) is 68.5 Å². The monoisotopic (exact) mass is 549 g/mol. The number of nitrogens with zero attached hydrogens (tertiary/aromatic N) is 1. The summed E-state index contributed by atoms with van der Waals surface area (Å²) in [5.41, 5.74) is 7.75. The Bertz CT molecular complexity index is 962. The second-order valence-electron chi connectivity index (χ2n) is 9.84. The summed E-state index contributed by atoms with van der Waals surface area (Å²) in [5.74, 6) is 2.31. The van der Waals surface area contributed by atoms with Gasteiger partial charge in [0.1, 0.15) is 0 Å². The Balaban J connectivity index is 0.00000247. The summed E-state index contributed by atoms with van der Waals surface area (Å²) in [6.07, 6.45) is 21.2. The fraction of sp³-hybridized carbons (Fsp3) is 0.486. The molecule has 1 aliphatic carbocycles. The predicted octanol–water partition coefficient (Wildman–Crippen LogP) is 9.25. The van der Waals surface area contributed by atoms with Gasteiger partial charge in [0.25, 0.3) is 0 Å². The van der Waals surface area contributed by atoms with Crippen LogP contribution in [0.5, 0.6) is 0 Å². The van der Waals surface area contributed by atoms with Gasteiger partial charge in [-0.2, -0.15) is 11.8 Å². The minimum Gasteiger partial charge on any atom is -0.300 e. The van der Waals surface area contributed by atoms with Crippen LogP contribution < -0.4 is 0 Å². The lowest BCUT2D eigenvalue weighted by atomic mass is 9.84. The normalized spacial score (nSPS) is 15.0. The Hall–Kier alpha value is -1.60. The molecule has 2 unspecified atom stereocenters. The number of aryl methyl sites for hydroxylation is 2. The van der Waals surface area contributed by atoms with Crippen molar-refractivity contribution in [3.05, 3.63) is 107 Å². The number of rotatable bonds is 16. The largest absolute Gasteiger partial charge is 0.300 e. The average Bonchev–Trinajstić information content (AvgIpc) is 2.96. The van der Waals surface area contributed by atoms with Crippen molar-refractivity contribution in [2.45, 2.75) is 83.9 Å². The van der Waals surface area contributed by atoms with Crippen LogP contribution in [0.3, 0.4) is 0 Å². The molecule has 2 aromatic rings. The van der Waals surface area contributed by atoms with Crippen molar-refractivity contribution < 1.29 is 0 Å². The molecule has 1 aliphatic rings. The number of unbranched alkanes of at least 4 members (excludes halogenated alkanes) is 1. The number of fused-ring (bicyclic) bond motifs is 1. The molecule has 0 aliphatic heterocycles. The first-order valence-corrected chi connectivity index (χ1v) is 16.9. The van der Waals surface area contributed by atoms with E-state index >= 15 is 0 Å². The second kappa shape index (κ2) is 20.3. The lowest BCUT2D eigenvalue weighted by Crippen LogP contribution is -2.40. The van der Waals surface area contributed by atoms with Crippen LogP contribution in [-0.2, 0) is 31.4 Å². The van der Waals surface area contributed by atoms with Gasteiger partial charge in [-0.15, -0.1) is 9.24 Å². The number of allylic oxidation sites excluding steroid dienone is 5. The Morgan fingerprint density at radius 1 is 1.00 bits per heavy atom. The fourth-order valence-corrected chi connectivity index (χ4v) is 6.52. The van der Waals surface area contributed by atoms with E-state index < -0.39 is 0 Å². The molecule has 0 radical (unpaired) electrons. The topological polar surface area (TPSA) is 3.24 Å². The van der Waals surface area contributed by atoms with Crippen molar-refractivity contribution in [2.24, 2.45) is 0 Å². The van der Waals surface area contributed by atoms with Crippen LogP contribution in [0.15, 0.2) is 79.4 Å². The molecule has 0 saturated carbocycles. The van der Waals surface area contributed by atoms with E-state index in [9.17, 15) is 0 Å². The molecule has 0 aromatic heterocycles. The van der Waals surface area contributed by atoms with E-state index in [0.29, 0.717) is 6.04 Å². The Morgan fingerprint density at radius 2 is 1.79 bits per heavy atom. The van der Waals surface area contributed by atoms with E-state index in [1.807, 2.05) is 26.0 Å². The van der Waals surface area contributed by atoms with E-state index in [1.54, 1.807) is 16.7 Å². The number of thioether (sulfide) groups is 1. The first-order valence-electron chi connectivity index (χ1n) is 14.9. The summed E-state index contributed by atoms with van der Waals surface area (Å²) >= 11 is 2.07. The first-order chi connectivity index (χ1) is 18.7. The van der Waals surface area contributed by atoms with Gasteiger partial charge in [-0.3, -0.25) is 0 Å². The minimum atomic E-state index is 0.695. The van der Waals surface area contributed by atoms with Gasteiger partial charge >= 0.3 is 0 Å². The van der Waals surface area contributed by atoms with Crippen molar-refractivity contribution >= 4 is 21.0 Å². The zero-order valence-corrected chi connectivity index (χ0v) is 26.3. The molecule has 2 aromatic carbocycles. The maximum Gasteiger partial charge on any atom is 0.0184 e. The van der Waals surface area contributed by atoms with Gasteiger partial charge in [-0.05, 0) is 104 Å². The van der Waals surface area contributed by atoms with Crippen LogP contribution in [0, 0.1) is 0 Å². The molecule has 0 N–H and O–H groups in total. The third-order valence-electron chi connectivity index (χ3n) is 7.13. The summed E-state index contributed by atoms with van der Waals surface area (Å²) < 4.78 is 0. The van der Waals surface area contributed by atoms with Gasteiger partial charge in [0.15, 0.2) is 0 Å². The highest BCUT2D eigenvalue weighted by molar-refractivity contribution is 7.98. The molecule has 3 rings (SSSR count). The third kappa shape index (κ3) is 11.6. The second-order valence-corrected chi connectivity index (χ2v) is 11.5. The van der Waals surface area contributed by atoms with Crippen molar-refractivity contribution in [3.8, 4) is 0 Å². The molecule has 208 valence electrons. The van der Waals surface area contributed by atoms with Crippen molar-refractivity contribution in [3.63, 3.8) is 0 Å². The maximum absolute atomic E-state index is 3.72. The quantitative estimate of drug-likeness (QED) is 0.117. The van der Waals surface area contributed by atoms with Crippen LogP contribution in [0.2, 0.25) is 0 Å². The molecule has 0 fully saturated rings. The van der Waals surface area contributed by atoms with Gasteiger partial charge < -0.3 is 4.90 Å². The molecule has 0 amide bonds. The van der Waals surface area contributed by atoms with Crippen LogP contribution >= 0.6 is 21.0 Å². The SMILES string of the molecule is C=C/C=C\C=C/CCCN(CCC)C1CCc2c(CCSCc3ccc(CCP)cc3)cccc2C1.CC. The fourth-order valence-electron chi connectivity index (χ4n) is 5.25. The molecular weight excluding hydrogens is 497 g/mol. The molecular formula is C35H52NPS. The average molecular weight is 550 g/mol. The predicted molar refractivity (Wildman–Crippen MR) is 178 cm³/mol. The number of hydrogen-bond donors (Lipinski definition) is 0. The standard InChI is InChI=1S/C33H46NPS.C2H6/c1-3-5-6-7-8-9-10-23-34(22-4-2)32-18-19-33-30(12-11-13-31(33)26-32)21-25-36-27-29-16-14-28(15-17-29)20-24-35;1-2/h3,5-8,11-17,32H,1,4,9-10,18-27,35H2,2H3;1-2H3/b6-5-,8-7-;. The number of hydrogen-bond acceptors (Lipinski definition) is 2. The zero-order valence-electron chi connectivity index (χ0n) is 24.3. The first kappa shape index (κ1) is 32.6. The highest BCUT2D eigenvalue weighted by Crippen LogP contribution is 2.29. The lowest BCUT2D eigenvalue weighted by molar-refractivity contribution is 0.178. The van der Waals surface area contributed by atoms with Crippen molar-refractivity contribution in [1.82, 2.24) is 4.90 Å². The number of benzene rings is 2. The van der Waals surface area contributed by atoms with Crippen LogP contribution in [-0.4, -0.2) is 35.9 Å².